The third-order valence-electron chi connectivity index (χ3n) is 4.35. The molecule has 0 radical (unpaired) electrons. The number of hydrogen-bond acceptors (Lipinski definition) is 4. The fourth-order valence-electron chi connectivity index (χ4n) is 2.85. The normalized spacial score (nSPS) is 10.6. The summed E-state index contributed by atoms with van der Waals surface area (Å²) in [6.45, 7) is 5.08. The molecule has 28 heavy (non-hydrogen) atoms. The lowest BCUT2D eigenvalue weighted by Crippen LogP contribution is -2.13. The van der Waals surface area contributed by atoms with Crippen LogP contribution in [0.3, 0.4) is 0 Å². The smallest absolute Gasteiger partial charge is 0.256 e. The second-order valence-corrected chi connectivity index (χ2v) is 7.93. The predicted octanol–water partition coefficient (Wildman–Crippen LogP) is 5.70. The summed E-state index contributed by atoms with van der Waals surface area (Å²) in [7, 11) is 0. The number of benzene rings is 2. The van der Waals surface area contributed by atoms with Crippen LogP contribution in [0.25, 0.3) is 0 Å². The van der Waals surface area contributed by atoms with Gasteiger partial charge in [-0.05, 0) is 62.7 Å². The molecule has 0 spiro atoms. The largest absolute Gasteiger partial charge is 0.313 e. The van der Waals surface area contributed by atoms with Crippen molar-refractivity contribution >= 4 is 45.4 Å². The molecular weight excluding hydrogens is 394 g/mol. The van der Waals surface area contributed by atoms with E-state index in [2.05, 4.69) is 5.32 Å². The Morgan fingerprint density at radius 1 is 0.893 bits per heavy atom. The zero-order valence-electron chi connectivity index (χ0n) is 15.6. The molecule has 2 aromatic carbocycles. The monoisotopic (exact) mass is 411 g/mol. The molecule has 1 amide bonds. The minimum absolute atomic E-state index is 0.205. The van der Waals surface area contributed by atoms with Crippen molar-refractivity contribution in [3.63, 3.8) is 0 Å². The van der Waals surface area contributed by atoms with Crippen molar-refractivity contribution in [3.8, 4) is 0 Å². The Morgan fingerprint density at radius 3 is 2.04 bits per heavy atom. The minimum atomic E-state index is -0.325. The molecule has 0 aliphatic heterocycles. The van der Waals surface area contributed by atoms with Crippen LogP contribution in [0.4, 0.5) is 5.00 Å². The SMILES string of the molecule is CC(=O)c1c(NC(=O)c2ccc(C)cc2)sc(C(=O)c2ccc(Cl)cc2)c1C. The number of thiophene rings is 1. The Hall–Kier alpha value is -2.76. The first-order valence-corrected chi connectivity index (χ1v) is 9.80. The summed E-state index contributed by atoms with van der Waals surface area (Å²) < 4.78 is 0. The number of Topliss-reactive ketones (excluding diaryl/α,β-unsaturated/α-hetero) is 1. The van der Waals surface area contributed by atoms with E-state index in [-0.39, 0.29) is 17.5 Å². The van der Waals surface area contributed by atoms with Crippen LogP contribution in [-0.2, 0) is 0 Å². The van der Waals surface area contributed by atoms with Gasteiger partial charge in [0, 0.05) is 16.1 Å². The van der Waals surface area contributed by atoms with E-state index in [9.17, 15) is 14.4 Å². The summed E-state index contributed by atoms with van der Waals surface area (Å²) in [6.07, 6.45) is 0. The molecule has 1 heterocycles. The van der Waals surface area contributed by atoms with Gasteiger partial charge >= 0.3 is 0 Å². The maximum absolute atomic E-state index is 12.9. The Bertz CT molecular complexity index is 1070. The maximum atomic E-state index is 12.9. The number of ketones is 2. The predicted molar refractivity (Wildman–Crippen MR) is 113 cm³/mol. The fourth-order valence-corrected chi connectivity index (χ4v) is 4.19. The highest BCUT2D eigenvalue weighted by molar-refractivity contribution is 7.19. The van der Waals surface area contributed by atoms with Crippen LogP contribution in [0.15, 0.2) is 48.5 Å². The molecule has 0 unspecified atom stereocenters. The first-order chi connectivity index (χ1) is 13.3. The molecule has 0 aliphatic rings. The van der Waals surface area contributed by atoms with Crippen molar-refractivity contribution in [3.05, 3.63) is 86.2 Å². The zero-order valence-corrected chi connectivity index (χ0v) is 17.2. The van der Waals surface area contributed by atoms with Crippen LogP contribution < -0.4 is 5.32 Å². The van der Waals surface area contributed by atoms with Gasteiger partial charge in [-0.15, -0.1) is 11.3 Å². The highest BCUT2D eigenvalue weighted by Gasteiger charge is 2.24. The number of nitrogens with one attached hydrogen (secondary N) is 1. The molecule has 142 valence electrons. The van der Waals surface area contributed by atoms with Gasteiger partial charge in [0.05, 0.1) is 10.4 Å². The van der Waals surface area contributed by atoms with Gasteiger partial charge in [0.2, 0.25) is 5.78 Å². The summed E-state index contributed by atoms with van der Waals surface area (Å²) in [6, 6.07) is 13.7. The van der Waals surface area contributed by atoms with Crippen molar-refractivity contribution in [2.24, 2.45) is 0 Å². The van der Waals surface area contributed by atoms with Crippen LogP contribution in [0, 0.1) is 13.8 Å². The van der Waals surface area contributed by atoms with Crippen molar-refractivity contribution in [2.75, 3.05) is 5.32 Å². The van der Waals surface area contributed by atoms with Gasteiger partial charge in [0.25, 0.3) is 5.91 Å². The zero-order chi connectivity index (χ0) is 20.4. The molecule has 0 bridgehead atoms. The average molecular weight is 412 g/mol. The van der Waals surface area contributed by atoms with E-state index in [1.54, 1.807) is 43.3 Å². The van der Waals surface area contributed by atoms with Crippen LogP contribution in [-0.4, -0.2) is 17.5 Å². The average Bonchev–Trinajstić information content (AvgIpc) is 2.98. The minimum Gasteiger partial charge on any atom is -0.313 e. The second kappa shape index (κ2) is 8.09. The maximum Gasteiger partial charge on any atom is 0.256 e. The summed E-state index contributed by atoms with van der Waals surface area (Å²) in [5.41, 5.74) is 2.93. The number of aryl methyl sites for hydroxylation is 1. The fraction of sp³-hybridized carbons (Fsp3) is 0.136. The molecule has 1 aromatic heterocycles. The molecule has 4 nitrogen and oxygen atoms in total. The van der Waals surface area contributed by atoms with E-state index in [1.165, 1.54) is 6.92 Å². The number of halogens is 1. The van der Waals surface area contributed by atoms with Crippen LogP contribution in [0.5, 0.6) is 0 Å². The highest BCUT2D eigenvalue weighted by atomic mass is 35.5. The number of carbonyl (C=O) groups excluding carboxylic acids is 3. The number of carbonyl (C=O) groups is 3. The lowest BCUT2D eigenvalue weighted by atomic mass is 10.0. The van der Waals surface area contributed by atoms with E-state index in [0.717, 1.165) is 16.9 Å². The van der Waals surface area contributed by atoms with Gasteiger partial charge in [-0.2, -0.15) is 0 Å². The van der Waals surface area contributed by atoms with Gasteiger partial charge < -0.3 is 5.32 Å². The van der Waals surface area contributed by atoms with E-state index < -0.39 is 0 Å². The Labute approximate surface area is 172 Å². The van der Waals surface area contributed by atoms with Gasteiger partial charge in [-0.25, -0.2) is 0 Å². The molecule has 0 atom stereocenters. The Morgan fingerprint density at radius 2 is 1.46 bits per heavy atom. The topological polar surface area (TPSA) is 63.2 Å². The van der Waals surface area contributed by atoms with E-state index in [1.807, 2.05) is 19.1 Å². The molecule has 1 N–H and O–H groups in total. The third-order valence-corrected chi connectivity index (χ3v) is 5.81. The van der Waals surface area contributed by atoms with Crippen LogP contribution >= 0.6 is 22.9 Å². The van der Waals surface area contributed by atoms with Crippen molar-refractivity contribution in [1.29, 1.82) is 0 Å². The third kappa shape index (κ3) is 4.06. The summed E-state index contributed by atoms with van der Waals surface area (Å²) in [5.74, 6) is -0.741. The van der Waals surface area contributed by atoms with Crippen molar-refractivity contribution in [1.82, 2.24) is 0 Å². The summed E-state index contributed by atoms with van der Waals surface area (Å²) in [5, 5.41) is 3.71. The molecular formula is C22H18ClNO3S. The highest BCUT2D eigenvalue weighted by Crippen LogP contribution is 2.35. The summed E-state index contributed by atoms with van der Waals surface area (Å²) >= 11 is 7.00. The number of rotatable bonds is 5. The molecule has 6 heteroatoms. The van der Waals surface area contributed by atoms with Crippen molar-refractivity contribution < 1.29 is 14.4 Å². The number of hydrogen-bond donors (Lipinski definition) is 1. The standard InChI is InChI=1S/C22H18ClNO3S/c1-12-4-6-16(7-5-12)21(27)24-22-18(14(3)25)13(2)20(28-22)19(26)15-8-10-17(23)11-9-15/h4-11H,1-3H3,(H,24,27). The molecule has 0 fully saturated rings. The Kier molecular flexibility index (Phi) is 5.77. The summed E-state index contributed by atoms with van der Waals surface area (Å²) in [4.78, 5) is 38.1. The van der Waals surface area contributed by atoms with Gasteiger partial charge in [0.1, 0.15) is 5.00 Å². The van der Waals surface area contributed by atoms with Gasteiger partial charge in [-0.3, -0.25) is 14.4 Å². The van der Waals surface area contributed by atoms with E-state index in [4.69, 9.17) is 11.6 Å². The molecule has 0 saturated heterocycles. The van der Waals surface area contributed by atoms with Gasteiger partial charge in [-0.1, -0.05) is 29.3 Å². The Balaban J connectivity index is 1.97. The van der Waals surface area contributed by atoms with Gasteiger partial charge in [0.15, 0.2) is 5.78 Å². The number of amides is 1. The van der Waals surface area contributed by atoms with Crippen LogP contribution in [0.1, 0.15) is 54.0 Å². The second-order valence-electron chi connectivity index (χ2n) is 6.47. The van der Waals surface area contributed by atoms with E-state index >= 15 is 0 Å². The van der Waals surface area contributed by atoms with E-state index in [0.29, 0.717) is 37.2 Å². The first kappa shape index (κ1) is 20.0. The lowest BCUT2D eigenvalue weighted by molar-refractivity contribution is 0.101. The molecule has 0 saturated carbocycles. The quantitative estimate of drug-likeness (QED) is 0.547. The van der Waals surface area contributed by atoms with Crippen molar-refractivity contribution in [2.45, 2.75) is 20.8 Å². The molecule has 3 aromatic rings. The first-order valence-electron chi connectivity index (χ1n) is 8.60. The lowest BCUT2D eigenvalue weighted by Gasteiger charge is -2.05. The van der Waals surface area contributed by atoms with Crippen LogP contribution in [0.2, 0.25) is 5.02 Å². The molecule has 3 rings (SSSR count). The number of anilines is 1. The molecule has 0 aliphatic carbocycles.